The Balaban J connectivity index is 1.67. The first kappa shape index (κ1) is 21.1. The van der Waals surface area contributed by atoms with E-state index in [-0.39, 0.29) is 0 Å². The summed E-state index contributed by atoms with van der Waals surface area (Å²) in [4.78, 5) is 0. The first-order chi connectivity index (χ1) is 16.2. The van der Waals surface area contributed by atoms with Gasteiger partial charge in [-0.1, -0.05) is 49.7 Å². The van der Waals surface area contributed by atoms with E-state index in [1.165, 1.54) is 56.9 Å². The summed E-state index contributed by atoms with van der Waals surface area (Å²) in [6.45, 7) is 3.28. The highest BCUT2D eigenvalue weighted by molar-refractivity contribution is 6.10. The minimum Gasteiger partial charge on any atom is -0.497 e. The molecule has 0 bridgehead atoms. The van der Waals surface area contributed by atoms with Crippen molar-refractivity contribution in [3.05, 3.63) is 84.9 Å². The maximum atomic E-state index is 5.33. The van der Waals surface area contributed by atoms with E-state index >= 15 is 0 Å². The Bertz CT molecular complexity index is 1290. The quantitative estimate of drug-likeness (QED) is 0.259. The van der Waals surface area contributed by atoms with E-state index in [1.54, 1.807) is 14.2 Å². The van der Waals surface area contributed by atoms with Gasteiger partial charge in [0.1, 0.15) is 11.5 Å². The Hall–Kier alpha value is -3.72. The number of benzene rings is 4. The molecule has 3 heteroatoms. The maximum absolute atomic E-state index is 5.33. The van der Waals surface area contributed by atoms with Gasteiger partial charge < -0.3 is 14.0 Å². The number of aromatic nitrogens is 1. The first-order valence-electron chi connectivity index (χ1n) is 11.6. The second kappa shape index (κ2) is 9.03. The van der Waals surface area contributed by atoms with E-state index in [9.17, 15) is 0 Å². The zero-order valence-electron chi connectivity index (χ0n) is 19.5. The fourth-order valence-electron chi connectivity index (χ4n) is 4.59. The van der Waals surface area contributed by atoms with Crippen molar-refractivity contribution in [3.8, 4) is 33.8 Å². The largest absolute Gasteiger partial charge is 0.497 e. The molecule has 5 aromatic rings. The SMILES string of the molecule is CCCCn1c2ccc(-c3ccc(OC)cc3)cc2c2cc(-c3ccc(OC)cc3)ccc21. The van der Waals surface area contributed by atoms with Crippen LogP contribution in [0.25, 0.3) is 44.1 Å². The van der Waals surface area contributed by atoms with Crippen LogP contribution in [0.4, 0.5) is 0 Å². The fraction of sp³-hybridized carbons (Fsp3) is 0.200. The lowest BCUT2D eigenvalue weighted by Gasteiger charge is -2.08. The van der Waals surface area contributed by atoms with Gasteiger partial charge in [0, 0.05) is 28.4 Å². The van der Waals surface area contributed by atoms with E-state index in [4.69, 9.17) is 9.47 Å². The van der Waals surface area contributed by atoms with Crippen molar-refractivity contribution in [1.82, 2.24) is 4.57 Å². The Morgan fingerprint density at radius 1 is 0.576 bits per heavy atom. The third-order valence-corrected chi connectivity index (χ3v) is 6.45. The van der Waals surface area contributed by atoms with Crippen LogP contribution in [-0.4, -0.2) is 18.8 Å². The molecular formula is C30H29NO2. The highest BCUT2D eigenvalue weighted by atomic mass is 16.5. The summed E-state index contributed by atoms with van der Waals surface area (Å²) in [5.41, 5.74) is 7.41. The number of hydrogen-bond acceptors (Lipinski definition) is 2. The minimum absolute atomic E-state index is 0.875. The van der Waals surface area contributed by atoms with Crippen LogP contribution in [0, 0.1) is 0 Å². The predicted octanol–water partition coefficient (Wildman–Crippen LogP) is 7.95. The van der Waals surface area contributed by atoms with Crippen LogP contribution in [0.2, 0.25) is 0 Å². The lowest BCUT2D eigenvalue weighted by molar-refractivity contribution is 0.415. The fourth-order valence-corrected chi connectivity index (χ4v) is 4.59. The van der Waals surface area contributed by atoms with E-state index < -0.39 is 0 Å². The van der Waals surface area contributed by atoms with Gasteiger partial charge in [0.2, 0.25) is 0 Å². The average Bonchev–Trinajstić information content (AvgIpc) is 3.19. The third-order valence-electron chi connectivity index (χ3n) is 6.45. The van der Waals surface area contributed by atoms with E-state index in [0.717, 1.165) is 18.0 Å². The molecule has 0 radical (unpaired) electrons. The molecule has 0 aliphatic carbocycles. The van der Waals surface area contributed by atoms with Crippen molar-refractivity contribution in [3.63, 3.8) is 0 Å². The van der Waals surface area contributed by atoms with Gasteiger partial charge in [0.05, 0.1) is 14.2 Å². The van der Waals surface area contributed by atoms with Gasteiger partial charge in [-0.2, -0.15) is 0 Å². The maximum Gasteiger partial charge on any atom is 0.118 e. The number of nitrogens with zero attached hydrogens (tertiary/aromatic N) is 1. The molecule has 0 unspecified atom stereocenters. The average molecular weight is 436 g/mol. The van der Waals surface area contributed by atoms with Crippen molar-refractivity contribution in [2.24, 2.45) is 0 Å². The number of rotatable bonds is 7. The smallest absolute Gasteiger partial charge is 0.118 e. The summed E-state index contributed by atoms with van der Waals surface area (Å²) in [6, 6.07) is 30.3. The van der Waals surface area contributed by atoms with Crippen molar-refractivity contribution in [2.75, 3.05) is 14.2 Å². The van der Waals surface area contributed by atoms with Crippen molar-refractivity contribution in [1.29, 1.82) is 0 Å². The van der Waals surface area contributed by atoms with Gasteiger partial charge in [-0.05, 0) is 77.2 Å². The van der Waals surface area contributed by atoms with Crippen molar-refractivity contribution >= 4 is 21.8 Å². The van der Waals surface area contributed by atoms with Crippen LogP contribution in [0.15, 0.2) is 84.9 Å². The lowest BCUT2D eigenvalue weighted by atomic mass is 10.00. The Labute approximate surface area is 195 Å². The summed E-state index contributed by atoms with van der Waals surface area (Å²) in [5.74, 6) is 1.75. The third kappa shape index (κ3) is 3.95. The van der Waals surface area contributed by atoms with Gasteiger partial charge in [-0.15, -0.1) is 0 Å². The van der Waals surface area contributed by atoms with E-state index in [0.29, 0.717) is 0 Å². The van der Waals surface area contributed by atoms with Crippen LogP contribution < -0.4 is 9.47 Å². The molecule has 0 atom stereocenters. The molecule has 0 aliphatic heterocycles. The Morgan fingerprint density at radius 2 is 1.00 bits per heavy atom. The molecule has 4 aromatic carbocycles. The summed E-state index contributed by atoms with van der Waals surface area (Å²) < 4.78 is 13.1. The monoisotopic (exact) mass is 435 g/mol. The molecule has 1 heterocycles. The zero-order valence-corrected chi connectivity index (χ0v) is 19.5. The molecule has 1 aromatic heterocycles. The second-order valence-corrected chi connectivity index (χ2v) is 8.43. The lowest BCUT2D eigenvalue weighted by Crippen LogP contribution is -1.97. The molecule has 0 N–H and O–H groups in total. The summed E-state index contributed by atoms with van der Waals surface area (Å²) in [7, 11) is 3.40. The van der Waals surface area contributed by atoms with Crippen LogP contribution in [-0.2, 0) is 6.54 Å². The molecule has 5 rings (SSSR count). The summed E-state index contributed by atoms with van der Waals surface area (Å²) in [5, 5.41) is 2.59. The standard InChI is InChI=1S/C30H29NO2/c1-4-5-18-31-29-16-10-23(21-6-12-25(32-2)13-7-21)19-27(29)28-20-24(11-17-30(28)31)22-8-14-26(33-3)15-9-22/h6-17,19-20H,4-5,18H2,1-3H3. The Kier molecular flexibility index (Phi) is 5.78. The molecule has 0 saturated carbocycles. The van der Waals surface area contributed by atoms with Crippen molar-refractivity contribution in [2.45, 2.75) is 26.3 Å². The van der Waals surface area contributed by atoms with E-state index in [2.05, 4.69) is 72.2 Å². The Morgan fingerprint density at radius 3 is 1.39 bits per heavy atom. The molecule has 33 heavy (non-hydrogen) atoms. The molecule has 166 valence electrons. The van der Waals surface area contributed by atoms with Gasteiger partial charge in [0.15, 0.2) is 0 Å². The van der Waals surface area contributed by atoms with Gasteiger partial charge in [-0.3, -0.25) is 0 Å². The van der Waals surface area contributed by atoms with Crippen LogP contribution in [0.5, 0.6) is 11.5 Å². The molecule has 3 nitrogen and oxygen atoms in total. The molecule has 0 spiro atoms. The number of methoxy groups -OCH3 is 2. The summed E-state index contributed by atoms with van der Waals surface area (Å²) in [6.07, 6.45) is 2.34. The van der Waals surface area contributed by atoms with Crippen LogP contribution >= 0.6 is 0 Å². The predicted molar refractivity (Wildman–Crippen MR) is 138 cm³/mol. The van der Waals surface area contributed by atoms with Gasteiger partial charge in [0.25, 0.3) is 0 Å². The number of ether oxygens (including phenoxy) is 2. The molecule has 0 fully saturated rings. The van der Waals surface area contributed by atoms with Gasteiger partial charge >= 0.3 is 0 Å². The molecular weight excluding hydrogens is 406 g/mol. The number of aryl methyl sites for hydroxylation is 1. The normalized spacial score (nSPS) is 11.2. The topological polar surface area (TPSA) is 23.4 Å². The number of unbranched alkanes of at least 4 members (excludes halogenated alkanes) is 1. The zero-order chi connectivity index (χ0) is 22.8. The highest BCUT2D eigenvalue weighted by Crippen LogP contribution is 2.36. The second-order valence-electron chi connectivity index (χ2n) is 8.43. The first-order valence-corrected chi connectivity index (χ1v) is 11.6. The molecule has 0 amide bonds. The number of fused-ring (bicyclic) bond motifs is 3. The molecule has 0 saturated heterocycles. The molecule has 0 aliphatic rings. The summed E-state index contributed by atoms with van der Waals surface area (Å²) >= 11 is 0. The van der Waals surface area contributed by atoms with Crippen molar-refractivity contribution < 1.29 is 9.47 Å². The van der Waals surface area contributed by atoms with Crippen LogP contribution in [0.3, 0.4) is 0 Å². The minimum atomic E-state index is 0.875. The van der Waals surface area contributed by atoms with Crippen LogP contribution in [0.1, 0.15) is 19.8 Å². The van der Waals surface area contributed by atoms with E-state index in [1.807, 2.05) is 24.3 Å². The highest BCUT2D eigenvalue weighted by Gasteiger charge is 2.13. The number of hydrogen-bond donors (Lipinski definition) is 0. The van der Waals surface area contributed by atoms with Gasteiger partial charge in [-0.25, -0.2) is 0 Å².